The molecule has 0 fully saturated rings. The quantitative estimate of drug-likeness (QED) is 0.571. The zero-order valence-electron chi connectivity index (χ0n) is 6.16. The maximum Gasteiger partial charge on any atom is 0.313 e. The first-order chi connectivity index (χ1) is 4.39. The lowest BCUT2D eigenvalue weighted by atomic mass is 9.91. The molecule has 0 amide bonds. The van der Waals surface area contributed by atoms with E-state index < -0.39 is 17.5 Å². The highest BCUT2D eigenvalue weighted by molar-refractivity contribution is 5.73. The maximum absolute atomic E-state index is 10.3. The number of hydrogen-bond acceptors (Lipinski definition) is 2. The van der Waals surface area contributed by atoms with Crippen molar-refractivity contribution in [2.24, 2.45) is 5.92 Å². The predicted molar refractivity (Wildman–Crippen MR) is 37.6 cm³/mol. The Bertz CT molecular complexity index is 143. The summed E-state index contributed by atoms with van der Waals surface area (Å²) in [5, 5.41) is 17.7. The summed E-state index contributed by atoms with van der Waals surface area (Å²) >= 11 is 0. The van der Waals surface area contributed by atoms with Gasteiger partial charge < -0.3 is 10.2 Å². The van der Waals surface area contributed by atoms with Gasteiger partial charge in [0.15, 0.2) is 0 Å². The first kappa shape index (κ1) is 9.17. The Hall–Kier alpha value is -0.830. The van der Waals surface area contributed by atoms with Crippen molar-refractivity contribution in [2.75, 3.05) is 0 Å². The van der Waals surface area contributed by atoms with Crippen LogP contribution in [0.4, 0.5) is 0 Å². The molecule has 0 aromatic heterocycles. The van der Waals surface area contributed by atoms with E-state index in [2.05, 4.69) is 6.58 Å². The monoisotopic (exact) mass is 144 g/mol. The molecule has 3 nitrogen and oxygen atoms in total. The lowest BCUT2D eigenvalue weighted by Gasteiger charge is -2.22. The van der Waals surface area contributed by atoms with Gasteiger partial charge in [0.05, 0.1) is 5.60 Å². The van der Waals surface area contributed by atoms with Crippen LogP contribution in [0.1, 0.15) is 13.8 Å². The summed E-state index contributed by atoms with van der Waals surface area (Å²) in [6.07, 6.45) is 1.22. The number of hydrogen-bond donors (Lipinski definition) is 2. The fourth-order valence-electron chi connectivity index (χ4n) is 0.691. The van der Waals surface area contributed by atoms with E-state index >= 15 is 0 Å². The van der Waals surface area contributed by atoms with Crippen LogP contribution in [0.25, 0.3) is 0 Å². The van der Waals surface area contributed by atoms with Crippen molar-refractivity contribution in [2.45, 2.75) is 19.4 Å². The molecule has 58 valence electrons. The Morgan fingerprint density at radius 3 is 2.10 bits per heavy atom. The zero-order chi connectivity index (χ0) is 8.36. The third kappa shape index (κ3) is 2.19. The van der Waals surface area contributed by atoms with Crippen molar-refractivity contribution in [3.63, 3.8) is 0 Å². The number of rotatable bonds is 3. The summed E-state index contributed by atoms with van der Waals surface area (Å²) in [7, 11) is 0. The molecule has 0 aliphatic carbocycles. The van der Waals surface area contributed by atoms with Gasteiger partial charge in [-0.05, 0) is 13.8 Å². The van der Waals surface area contributed by atoms with Crippen LogP contribution >= 0.6 is 0 Å². The van der Waals surface area contributed by atoms with Gasteiger partial charge in [-0.15, -0.1) is 6.58 Å². The van der Waals surface area contributed by atoms with E-state index in [1.54, 1.807) is 0 Å². The molecular weight excluding hydrogens is 132 g/mol. The van der Waals surface area contributed by atoms with Crippen LogP contribution in [-0.4, -0.2) is 21.8 Å². The van der Waals surface area contributed by atoms with Gasteiger partial charge in [0.2, 0.25) is 0 Å². The lowest BCUT2D eigenvalue weighted by molar-refractivity contribution is -0.146. The molecule has 10 heavy (non-hydrogen) atoms. The molecule has 0 saturated carbocycles. The van der Waals surface area contributed by atoms with Crippen molar-refractivity contribution < 1.29 is 15.0 Å². The number of carboxylic acid groups (broad SMARTS) is 1. The van der Waals surface area contributed by atoms with Crippen molar-refractivity contribution in [3.05, 3.63) is 12.7 Å². The van der Waals surface area contributed by atoms with Crippen LogP contribution in [0.15, 0.2) is 12.7 Å². The van der Waals surface area contributed by atoms with Crippen LogP contribution < -0.4 is 0 Å². The minimum Gasteiger partial charge on any atom is -0.481 e. The van der Waals surface area contributed by atoms with Gasteiger partial charge in [-0.3, -0.25) is 4.79 Å². The highest BCUT2D eigenvalue weighted by atomic mass is 16.4. The largest absolute Gasteiger partial charge is 0.481 e. The number of carboxylic acids is 1. The molecular formula is C7H12O3. The average Bonchev–Trinajstić information content (AvgIpc) is 1.60. The summed E-state index contributed by atoms with van der Waals surface area (Å²) in [6.45, 7) is 6.18. The van der Waals surface area contributed by atoms with E-state index in [0.717, 1.165) is 0 Å². The molecule has 0 aliphatic rings. The number of carbonyl (C=O) groups is 1. The van der Waals surface area contributed by atoms with Gasteiger partial charge in [-0.2, -0.15) is 0 Å². The topological polar surface area (TPSA) is 57.5 Å². The molecule has 0 aromatic rings. The van der Waals surface area contributed by atoms with Crippen LogP contribution in [0, 0.1) is 5.92 Å². The van der Waals surface area contributed by atoms with Gasteiger partial charge in [0, 0.05) is 0 Å². The molecule has 3 heteroatoms. The molecule has 0 rings (SSSR count). The standard InChI is InChI=1S/C7H12O3/c1-4-5(6(8)9)7(2,3)10/h4-5,10H,1H2,2-3H3,(H,8,9)/t5-/m1/s1. The Balaban J connectivity index is 4.36. The van der Waals surface area contributed by atoms with Crippen LogP contribution in [-0.2, 0) is 4.79 Å². The molecule has 0 aliphatic heterocycles. The van der Waals surface area contributed by atoms with Crippen molar-refractivity contribution >= 4 is 5.97 Å². The minimum atomic E-state index is -1.23. The first-order valence-electron chi connectivity index (χ1n) is 2.97. The van der Waals surface area contributed by atoms with E-state index in [1.165, 1.54) is 19.9 Å². The molecule has 0 spiro atoms. The Morgan fingerprint density at radius 2 is 2.10 bits per heavy atom. The predicted octanol–water partition coefficient (Wildman–Crippen LogP) is 0.644. The molecule has 0 aromatic carbocycles. The molecule has 2 N–H and O–H groups in total. The molecule has 0 unspecified atom stereocenters. The van der Waals surface area contributed by atoms with Crippen molar-refractivity contribution in [1.82, 2.24) is 0 Å². The molecule has 1 atom stereocenters. The number of aliphatic hydroxyl groups is 1. The van der Waals surface area contributed by atoms with Gasteiger partial charge in [-0.1, -0.05) is 6.08 Å². The zero-order valence-corrected chi connectivity index (χ0v) is 6.16. The highest BCUT2D eigenvalue weighted by Gasteiger charge is 2.29. The second-order valence-corrected chi connectivity index (χ2v) is 2.71. The van der Waals surface area contributed by atoms with Crippen LogP contribution in [0.3, 0.4) is 0 Å². The fourth-order valence-corrected chi connectivity index (χ4v) is 0.691. The van der Waals surface area contributed by atoms with E-state index in [0.29, 0.717) is 0 Å². The van der Waals surface area contributed by atoms with Crippen molar-refractivity contribution in [1.29, 1.82) is 0 Å². The van der Waals surface area contributed by atoms with E-state index in [1.807, 2.05) is 0 Å². The second-order valence-electron chi connectivity index (χ2n) is 2.71. The van der Waals surface area contributed by atoms with Crippen LogP contribution in [0.5, 0.6) is 0 Å². The Morgan fingerprint density at radius 1 is 1.70 bits per heavy atom. The van der Waals surface area contributed by atoms with Crippen LogP contribution in [0.2, 0.25) is 0 Å². The molecule has 0 heterocycles. The Kier molecular flexibility index (Phi) is 2.60. The summed E-state index contributed by atoms with van der Waals surface area (Å²) in [4.78, 5) is 10.3. The Labute approximate surface area is 60.0 Å². The third-order valence-electron chi connectivity index (χ3n) is 1.26. The second kappa shape index (κ2) is 2.84. The molecule has 0 bridgehead atoms. The van der Waals surface area contributed by atoms with E-state index in [4.69, 9.17) is 5.11 Å². The van der Waals surface area contributed by atoms with E-state index in [-0.39, 0.29) is 0 Å². The summed E-state index contributed by atoms with van der Waals surface area (Å²) in [6, 6.07) is 0. The average molecular weight is 144 g/mol. The normalized spacial score (nSPS) is 14.3. The highest BCUT2D eigenvalue weighted by Crippen LogP contribution is 2.16. The summed E-state index contributed by atoms with van der Waals surface area (Å²) < 4.78 is 0. The number of aliphatic carboxylic acids is 1. The minimum absolute atomic E-state index is 0.896. The summed E-state index contributed by atoms with van der Waals surface area (Å²) in [5.74, 6) is -1.95. The van der Waals surface area contributed by atoms with Crippen molar-refractivity contribution in [3.8, 4) is 0 Å². The molecule has 0 radical (unpaired) electrons. The van der Waals surface area contributed by atoms with Gasteiger partial charge >= 0.3 is 5.97 Å². The molecule has 0 saturated heterocycles. The maximum atomic E-state index is 10.3. The smallest absolute Gasteiger partial charge is 0.313 e. The van der Waals surface area contributed by atoms with Gasteiger partial charge in [0.1, 0.15) is 5.92 Å². The third-order valence-corrected chi connectivity index (χ3v) is 1.26. The fraction of sp³-hybridized carbons (Fsp3) is 0.571. The first-order valence-corrected chi connectivity index (χ1v) is 2.97. The van der Waals surface area contributed by atoms with E-state index in [9.17, 15) is 9.90 Å². The SMILES string of the molecule is C=C[C@H](C(=O)O)C(C)(C)O. The van der Waals surface area contributed by atoms with Gasteiger partial charge in [-0.25, -0.2) is 0 Å². The van der Waals surface area contributed by atoms with Gasteiger partial charge in [0.25, 0.3) is 0 Å². The lowest BCUT2D eigenvalue weighted by Crippen LogP contribution is -2.34. The summed E-state index contributed by atoms with van der Waals surface area (Å²) in [5.41, 5.74) is -1.23.